The van der Waals surface area contributed by atoms with Crippen molar-refractivity contribution in [2.75, 3.05) is 11.9 Å². The highest BCUT2D eigenvalue weighted by atomic mass is 35.5. The number of benzene rings is 1. The minimum Gasteiger partial charge on any atom is -0.330 e. The molecule has 5 nitrogen and oxygen atoms in total. The Balaban J connectivity index is 2.07. The molecule has 1 aromatic carbocycles. The van der Waals surface area contributed by atoms with Crippen LogP contribution in [0.1, 0.15) is 6.42 Å². The van der Waals surface area contributed by atoms with Gasteiger partial charge in [0.1, 0.15) is 10.8 Å². The Bertz CT molecular complexity index is 863. The van der Waals surface area contributed by atoms with E-state index in [1.807, 2.05) is 0 Å². The summed E-state index contributed by atoms with van der Waals surface area (Å²) in [5.74, 6) is -0.290. The average molecular weight is 351 g/mol. The number of nitrogens with two attached hydrogens (primary N) is 1. The van der Waals surface area contributed by atoms with Crippen LogP contribution in [0.25, 0.3) is 20.8 Å². The number of hydrogen-bond donors (Lipinski definition) is 2. The van der Waals surface area contributed by atoms with Gasteiger partial charge in [-0.1, -0.05) is 17.7 Å². The number of thiazole rings is 1. The summed E-state index contributed by atoms with van der Waals surface area (Å²) >= 11 is 7.31. The van der Waals surface area contributed by atoms with Gasteiger partial charge >= 0.3 is 0 Å². The molecule has 3 aromatic rings. The molecular formula is C15H12ClFN4OS. The molecular weight excluding hydrogens is 339 g/mol. The number of nitrogens with one attached hydrogen (secondary N) is 1. The fourth-order valence-electron chi connectivity index (χ4n) is 2.08. The van der Waals surface area contributed by atoms with Gasteiger partial charge in [0, 0.05) is 19.2 Å². The summed E-state index contributed by atoms with van der Waals surface area (Å²) in [5.41, 5.74) is 6.22. The minimum absolute atomic E-state index is 0.197. The van der Waals surface area contributed by atoms with Crippen molar-refractivity contribution < 1.29 is 9.18 Å². The average Bonchev–Trinajstić information content (AvgIpc) is 2.92. The predicted molar refractivity (Wildman–Crippen MR) is 90.1 cm³/mol. The third-order valence-corrected chi connectivity index (χ3v) is 4.52. The number of fused-ring (bicyclic) bond motifs is 1. The van der Waals surface area contributed by atoms with E-state index >= 15 is 0 Å². The van der Waals surface area contributed by atoms with Crippen molar-refractivity contribution in [1.82, 2.24) is 9.97 Å². The molecule has 0 saturated carbocycles. The highest BCUT2D eigenvalue weighted by Crippen LogP contribution is 2.37. The summed E-state index contributed by atoms with van der Waals surface area (Å²) in [6.45, 7) is 0.251. The summed E-state index contributed by atoms with van der Waals surface area (Å²) in [4.78, 5) is 20.3. The third-order valence-electron chi connectivity index (χ3n) is 3.11. The van der Waals surface area contributed by atoms with E-state index in [0.717, 1.165) is 0 Å². The van der Waals surface area contributed by atoms with Crippen LogP contribution in [-0.4, -0.2) is 22.4 Å². The molecule has 3 rings (SSSR count). The molecule has 0 saturated heterocycles. The second-order valence-electron chi connectivity index (χ2n) is 4.71. The normalized spacial score (nSPS) is 10.9. The molecule has 1 amide bonds. The van der Waals surface area contributed by atoms with E-state index in [1.54, 1.807) is 12.1 Å². The summed E-state index contributed by atoms with van der Waals surface area (Å²) < 4.78 is 14.7. The van der Waals surface area contributed by atoms with Crippen molar-refractivity contribution in [3.63, 3.8) is 0 Å². The molecule has 0 aliphatic carbocycles. The van der Waals surface area contributed by atoms with Crippen LogP contribution in [0.4, 0.5) is 10.2 Å². The van der Waals surface area contributed by atoms with Crippen LogP contribution in [-0.2, 0) is 4.79 Å². The summed E-state index contributed by atoms with van der Waals surface area (Å²) in [5, 5.41) is 3.41. The molecule has 0 aliphatic heterocycles. The SMILES string of the molecule is NCCC(=O)Nc1nccc2nc(-c3c(F)cccc3Cl)sc12. The lowest BCUT2D eigenvalue weighted by Crippen LogP contribution is -2.16. The number of anilines is 1. The highest BCUT2D eigenvalue weighted by Gasteiger charge is 2.17. The number of aromatic nitrogens is 2. The number of hydrogen-bond acceptors (Lipinski definition) is 5. The maximum atomic E-state index is 14.1. The van der Waals surface area contributed by atoms with Gasteiger partial charge in [0.05, 0.1) is 20.8 Å². The van der Waals surface area contributed by atoms with Crippen molar-refractivity contribution >= 4 is 44.9 Å². The Morgan fingerprint density at radius 2 is 2.22 bits per heavy atom. The van der Waals surface area contributed by atoms with E-state index in [9.17, 15) is 9.18 Å². The summed E-state index contributed by atoms with van der Waals surface area (Å²) in [6.07, 6.45) is 1.73. The van der Waals surface area contributed by atoms with Crippen LogP contribution in [0.15, 0.2) is 30.5 Å². The molecule has 0 aliphatic rings. The lowest BCUT2D eigenvalue weighted by atomic mass is 10.2. The number of nitrogens with zero attached hydrogens (tertiary/aromatic N) is 2. The summed E-state index contributed by atoms with van der Waals surface area (Å²) in [7, 11) is 0. The quantitative estimate of drug-likeness (QED) is 0.755. The first-order valence-corrected chi connectivity index (χ1v) is 7.99. The first kappa shape index (κ1) is 15.8. The molecule has 0 unspecified atom stereocenters. The minimum atomic E-state index is -0.446. The van der Waals surface area contributed by atoms with Gasteiger partial charge in [-0.2, -0.15) is 0 Å². The smallest absolute Gasteiger partial charge is 0.226 e. The molecule has 0 fully saturated rings. The van der Waals surface area contributed by atoms with Gasteiger partial charge in [-0.25, -0.2) is 14.4 Å². The first-order valence-electron chi connectivity index (χ1n) is 6.80. The fourth-order valence-corrected chi connectivity index (χ4v) is 3.45. The summed E-state index contributed by atoms with van der Waals surface area (Å²) in [6, 6.07) is 6.17. The van der Waals surface area contributed by atoms with E-state index in [4.69, 9.17) is 17.3 Å². The lowest BCUT2D eigenvalue weighted by Gasteiger charge is -2.03. The van der Waals surface area contributed by atoms with E-state index in [0.29, 0.717) is 21.0 Å². The Hall–Kier alpha value is -2.09. The van der Waals surface area contributed by atoms with Crippen LogP contribution >= 0.6 is 22.9 Å². The molecule has 23 heavy (non-hydrogen) atoms. The van der Waals surface area contributed by atoms with E-state index in [2.05, 4.69) is 15.3 Å². The van der Waals surface area contributed by atoms with Crippen molar-refractivity contribution in [2.24, 2.45) is 5.73 Å². The molecule has 0 bridgehead atoms. The third kappa shape index (κ3) is 3.17. The zero-order chi connectivity index (χ0) is 16.4. The van der Waals surface area contributed by atoms with Gasteiger partial charge in [0.15, 0.2) is 5.82 Å². The molecule has 2 heterocycles. The maximum Gasteiger partial charge on any atom is 0.226 e. The number of pyridine rings is 1. The van der Waals surface area contributed by atoms with E-state index < -0.39 is 5.82 Å². The number of halogens is 2. The van der Waals surface area contributed by atoms with E-state index in [-0.39, 0.29) is 29.5 Å². The fraction of sp³-hybridized carbons (Fsp3) is 0.133. The number of rotatable bonds is 4. The Labute approximate surface area is 140 Å². The van der Waals surface area contributed by atoms with Crippen molar-refractivity contribution in [3.8, 4) is 10.6 Å². The maximum absolute atomic E-state index is 14.1. The predicted octanol–water partition coefficient (Wildman–Crippen LogP) is 3.44. The monoisotopic (exact) mass is 350 g/mol. The standard InChI is InChI=1S/C15H12ClFN4OS/c16-8-2-1-3-9(17)12(8)15-20-10-5-7-19-14(13(10)23-15)21-11(22)4-6-18/h1-3,5,7H,4,6,18H2,(H,19,21,22). The topological polar surface area (TPSA) is 80.9 Å². The van der Waals surface area contributed by atoms with Gasteiger partial charge in [-0.15, -0.1) is 11.3 Å². The number of amides is 1. The van der Waals surface area contributed by atoms with Gasteiger partial charge in [0.25, 0.3) is 0 Å². The van der Waals surface area contributed by atoms with Gasteiger partial charge in [-0.3, -0.25) is 4.79 Å². The second kappa shape index (κ2) is 6.57. The lowest BCUT2D eigenvalue weighted by molar-refractivity contribution is -0.116. The molecule has 118 valence electrons. The van der Waals surface area contributed by atoms with Crippen molar-refractivity contribution in [1.29, 1.82) is 0 Å². The van der Waals surface area contributed by atoms with Crippen molar-refractivity contribution in [2.45, 2.75) is 6.42 Å². The highest BCUT2D eigenvalue weighted by molar-refractivity contribution is 7.22. The van der Waals surface area contributed by atoms with Crippen molar-refractivity contribution in [3.05, 3.63) is 41.3 Å². The first-order chi connectivity index (χ1) is 11.1. The van der Waals surface area contributed by atoms with Gasteiger partial charge in [-0.05, 0) is 18.2 Å². The van der Waals surface area contributed by atoms with Gasteiger partial charge in [0.2, 0.25) is 5.91 Å². The molecule has 2 aromatic heterocycles. The molecule has 0 radical (unpaired) electrons. The Morgan fingerprint density at radius 1 is 1.39 bits per heavy atom. The Kier molecular flexibility index (Phi) is 4.51. The van der Waals surface area contributed by atoms with Crippen LogP contribution in [0.2, 0.25) is 5.02 Å². The largest absolute Gasteiger partial charge is 0.330 e. The van der Waals surface area contributed by atoms with Crippen LogP contribution in [0.3, 0.4) is 0 Å². The molecule has 8 heteroatoms. The van der Waals surface area contributed by atoms with Crippen LogP contribution in [0.5, 0.6) is 0 Å². The molecule has 3 N–H and O–H groups in total. The van der Waals surface area contributed by atoms with Crippen LogP contribution < -0.4 is 11.1 Å². The number of carbonyl (C=O) groups is 1. The van der Waals surface area contributed by atoms with Gasteiger partial charge < -0.3 is 11.1 Å². The molecule has 0 atom stereocenters. The zero-order valence-corrected chi connectivity index (χ0v) is 13.4. The second-order valence-corrected chi connectivity index (χ2v) is 6.12. The van der Waals surface area contributed by atoms with Crippen LogP contribution in [0, 0.1) is 5.82 Å². The Morgan fingerprint density at radius 3 is 2.96 bits per heavy atom. The molecule has 0 spiro atoms. The zero-order valence-electron chi connectivity index (χ0n) is 11.8. The number of carbonyl (C=O) groups excluding carboxylic acids is 1. The van der Waals surface area contributed by atoms with E-state index in [1.165, 1.54) is 29.7 Å².